The Labute approximate surface area is 102 Å². The van der Waals surface area contributed by atoms with E-state index in [0.29, 0.717) is 0 Å². The molecule has 0 bridgehead atoms. The topological polar surface area (TPSA) is 77.8 Å². The Morgan fingerprint density at radius 2 is 2.11 bits per heavy atom. The number of benzene rings is 1. The normalized spacial score (nSPS) is 23.1. The third-order valence-corrected chi connectivity index (χ3v) is 2.90. The number of carboxylic acids is 1. The molecule has 18 heavy (non-hydrogen) atoms. The lowest BCUT2D eigenvalue weighted by Crippen LogP contribution is -2.40. The number of amides is 1. The number of aliphatic carboxylic acids is 1. The first-order chi connectivity index (χ1) is 8.49. The highest BCUT2D eigenvalue weighted by molar-refractivity contribution is 5.97. The zero-order chi connectivity index (χ0) is 13.3. The van der Waals surface area contributed by atoms with Crippen molar-refractivity contribution in [2.24, 2.45) is 0 Å². The number of likely N-dealkylation sites (tertiary alicyclic amines) is 1. The summed E-state index contributed by atoms with van der Waals surface area (Å²) in [7, 11) is 0. The van der Waals surface area contributed by atoms with Gasteiger partial charge in [-0.05, 0) is 18.2 Å². The molecule has 2 unspecified atom stereocenters. The highest BCUT2D eigenvalue weighted by Crippen LogP contribution is 2.21. The minimum absolute atomic E-state index is 0.00358. The smallest absolute Gasteiger partial charge is 0.326 e. The summed E-state index contributed by atoms with van der Waals surface area (Å²) in [4.78, 5) is 24.1. The fourth-order valence-electron chi connectivity index (χ4n) is 2.06. The number of hydrogen-bond acceptors (Lipinski definition) is 3. The fraction of sp³-hybridized carbons (Fsp3) is 0.333. The molecule has 1 amide bonds. The molecule has 2 atom stereocenters. The van der Waals surface area contributed by atoms with Gasteiger partial charge in [0, 0.05) is 18.5 Å². The molecular weight excluding hydrogens is 241 g/mol. The van der Waals surface area contributed by atoms with Crippen molar-refractivity contribution in [3.05, 3.63) is 35.6 Å². The maximum absolute atomic E-state index is 13.0. The van der Waals surface area contributed by atoms with E-state index in [0.717, 1.165) is 11.0 Å². The van der Waals surface area contributed by atoms with Crippen LogP contribution in [0.5, 0.6) is 0 Å². The first kappa shape index (κ1) is 12.5. The van der Waals surface area contributed by atoms with Crippen LogP contribution >= 0.6 is 0 Å². The molecule has 1 aliphatic heterocycles. The molecule has 1 aromatic carbocycles. The van der Waals surface area contributed by atoms with E-state index in [1.165, 1.54) is 18.2 Å². The summed E-state index contributed by atoms with van der Waals surface area (Å²) in [6.07, 6.45) is -0.861. The Balaban J connectivity index is 2.25. The second-order valence-corrected chi connectivity index (χ2v) is 4.21. The first-order valence-corrected chi connectivity index (χ1v) is 5.46. The molecule has 5 nitrogen and oxygen atoms in total. The number of carbonyl (C=O) groups excluding carboxylic acids is 1. The Morgan fingerprint density at radius 3 is 2.72 bits per heavy atom. The van der Waals surface area contributed by atoms with Crippen LogP contribution in [0.1, 0.15) is 16.8 Å². The highest BCUT2D eigenvalue weighted by atomic mass is 19.1. The van der Waals surface area contributed by atoms with Gasteiger partial charge in [-0.25, -0.2) is 9.18 Å². The van der Waals surface area contributed by atoms with Crippen molar-refractivity contribution in [1.82, 2.24) is 4.90 Å². The number of rotatable bonds is 2. The van der Waals surface area contributed by atoms with E-state index in [9.17, 15) is 19.1 Å². The number of nitrogens with zero attached hydrogens (tertiary/aromatic N) is 1. The van der Waals surface area contributed by atoms with Crippen molar-refractivity contribution in [2.45, 2.75) is 18.6 Å². The van der Waals surface area contributed by atoms with Crippen molar-refractivity contribution in [3.8, 4) is 0 Å². The van der Waals surface area contributed by atoms with E-state index >= 15 is 0 Å². The Kier molecular flexibility index (Phi) is 3.29. The largest absolute Gasteiger partial charge is 0.480 e. The zero-order valence-electron chi connectivity index (χ0n) is 9.41. The zero-order valence-corrected chi connectivity index (χ0v) is 9.41. The van der Waals surface area contributed by atoms with Gasteiger partial charge in [0.25, 0.3) is 5.91 Å². The van der Waals surface area contributed by atoms with Gasteiger partial charge in [-0.3, -0.25) is 4.79 Å². The van der Waals surface area contributed by atoms with Crippen molar-refractivity contribution >= 4 is 11.9 Å². The molecule has 1 heterocycles. The van der Waals surface area contributed by atoms with Gasteiger partial charge >= 0.3 is 5.97 Å². The number of carbonyl (C=O) groups is 2. The molecule has 6 heteroatoms. The maximum Gasteiger partial charge on any atom is 0.326 e. The molecular formula is C12H12FNO4. The number of hydrogen-bond donors (Lipinski definition) is 2. The van der Waals surface area contributed by atoms with Crippen LogP contribution in [-0.4, -0.2) is 45.7 Å². The molecule has 1 fully saturated rings. The van der Waals surface area contributed by atoms with Crippen molar-refractivity contribution < 1.29 is 24.2 Å². The summed E-state index contributed by atoms with van der Waals surface area (Å²) in [5.74, 6) is -2.32. The van der Waals surface area contributed by atoms with Gasteiger partial charge in [-0.2, -0.15) is 0 Å². The van der Waals surface area contributed by atoms with Crippen molar-refractivity contribution in [2.75, 3.05) is 6.54 Å². The third-order valence-electron chi connectivity index (χ3n) is 2.90. The van der Waals surface area contributed by atoms with Crippen LogP contribution < -0.4 is 0 Å². The van der Waals surface area contributed by atoms with Gasteiger partial charge in [0.05, 0.1) is 6.10 Å². The van der Waals surface area contributed by atoms with Gasteiger partial charge in [-0.15, -0.1) is 0 Å². The average molecular weight is 253 g/mol. The molecule has 0 radical (unpaired) electrons. The van der Waals surface area contributed by atoms with Gasteiger partial charge in [0.15, 0.2) is 0 Å². The third kappa shape index (κ3) is 2.33. The number of β-amino-alcohol motifs (C(OH)–C–C–N with tert-alkyl or cyclic N) is 1. The summed E-state index contributed by atoms with van der Waals surface area (Å²) in [5.41, 5.74) is 0.0790. The number of halogens is 1. The van der Waals surface area contributed by atoms with Crippen LogP contribution in [0.25, 0.3) is 0 Å². The highest BCUT2D eigenvalue weighted by Gasteiger charge is 2.39. The summed E-state index contributed by atoms with van der Waals surface area (Å²) < 4.78 is 13.0. The molecule has 96 valence electrons. The Bertz CT molecular complexity index is 491. The molecule has 0 spiro atoms. The molecule has 1 aliphatic rings. The van der Waals surface area contributed by atoms with Gasteiger partial charge in [-0.1, -0.05) is 6.07 Å². The second kappa shape index (κ2) is 4.73. The minimum atomic E-state index is -1.17. The first-order valence-electron chi connectivity index (χ1n) is 5.46. The van der Waals surface area contributed by atoms with E-state index < -0.39 is 29.8 Å². The van der Waals surface area contributed by atoms with Gasteiger partial charge in [0.1, 0.15) is 11.9 Å². The Hall–Kier alpha value is -1.95. The predicted octanol–water partition coefficient (Wildman–Crippen LogP) is 0.486. The minimum Gasteiger partial charge on any atom is -0.480 e. The van der Waals surface area contributed by atoms with Crippen LogP contribution in [0.3, 0.4) is 0 Å². The van der Waals surface area contributed by atoms with E-state index in [1.807, 2.05) is 0 Å². The lowest BCUT2D eigenvalue weighted by molar-refractivity contribution is -0.141. The number of aliphatic hydroxyl groups excluding tert-OH is 1. The fourth-order valence-corrected chi connectivity index (χ4v) is 2.06. The monoisotopic (exact) mass is 253 g/mol. The summed E-state index contributed by atoms with van der Waals surface area (Å²) >= 11 is 0. The van der Waals surface area contributed by atoms with Gasteiger partial charge in [0.2, 0.25) is 0 Å². The molecule has 1 saturated heterocycles. The summed E-state index contributed by atoms with van der Waals surface area (Å²) in [6.45, 7) is -0.0493. The van der Waals surface area contributed by atoms with E-state index in [-0.39, 0.29) is 18.5 Å². The second-order valence-electron chi connectivity index (χ2n) is 4.21. The van der Waals surface area contributed by atoms with Crippen LogP contribution in [0.2, 0.25) is 0 Å². The number of carboxylic acid groups (broad SMARTS) is 1. The van der Waals surface area contributed by atoms with Crippen molar-refractivity contribution in [1.29, 1.82) is 0 Å². The molecule has 0 aromatic heterocycles. The molecule has 2 N–H and O–H groups in total. The van der Waals surface area contributed by atoms with Crippen LogP contribution in [0.15, 0.2) is 24.3 Å². The standard InChI is InChI=1S/C12H12FNO4/c13-8-3-1-2-7(4-8)11(16)14-6-9(15)5-10(14)12(17)18/h1-4,9-10,15H,5-6H2,(H,17,18). The lowest BCUT2D eigenvalue weighted by Gasteiger charge is -2.21. The maximum atomic E-state index is 13.0. The van der Waals surface area contributed by atoms with Crippen LogP contribution in [0.4, 0.5) is 4.39 Å². The molecule has 0 aliphatic carbocycles. The van der Waals surface area contributed by atoms with E-state index in [1.54, 1.807) is 0 Å². The number of aliphatic hydroxyl groups is 1. The molecule has 1 aromatic rings. The average Bonchev–Trinajstić information content (AvgIpc) is 2.70. The summed E-state index contributed by atoms with van der Waals surface area (Å²) in [5, 5.41) is 18.4. The van der Waals surface area contributed by atoms with Crippen molar-refractivity contribution in [3.63, 3.8) is 0 Å². The predicted molar refractivity (Wildman–Crippen MR) is 59.5 cm³/mol. The molecule has 0 saturated carbocycles. The van der Waals surface area contributed by atoms with E-state index in [2.05, 4.69) is 0 Å². The quantitative estimate of drug-likeness (QED) is 0.804. The lowest BCUT2D eigenvalue weighted by atomic mass is 10.1. The van der Waals surface area contributed by atoms with Gasteiger partial charge < -0.3 is 15.1 Å². The Morgan fingerprint density at radius 1 is 1.39 bits per heavy atom. The van der Waals surface area contributed by atoms with E-state index in [4.69, 9.17) is 5.11 Å². The van der Waals surface area contributed by atoms with Crippen LogP contribution in [0, 0.1) is 5.82 Å². The molecule has 2 rings (SSSR count). The van der Waals surface area contributed by atoms with Crippen LogP contribution in [-0.2, 0) is 4.79 Å². The summed E-state index contributed by atoms with van der Waals surface area (Å²) in [6, 6.07) is 3.98. The SMILES string of the molecule is O=C(O)C1CC(O)CN1C(=O)c1cccc(F)c1.